The zero-order chi connectivity index (χ0) is 21.3. The van der Waals surface area contributed by atoms with Crippen LogP contribution >= 0.6 is 7.82 Å². The first-order valence-corrected chi connectivity index (χ1v) is 11.8. The van der Waals surface area contributed by atoms with Crippen LogP contribution in [0.25, 0.3) is 0 Å². The average molecular weight is 468 g/mol. The van der Waals surface area contributed by atoms with Crippen LogP contribution < -0.4 is 68.9 Å². The molecule has 0 aliphatic rings. The van der Waals surface area contributed by atoms with Crippen molar-refractivity contribution >= 4 is 19.8 Å². The molecule has 11 heteroatoms. The van der Waals surface area contributed by atoms with E-state index in [9.17, 15) is 23.9 Å². The van der Waals surface area contributed by atoms with E-state index in [4.69, 9.17) is 9.47 Å². The minimum absolute atomic E-state index is 0. The van der Waals surface area contributed by atoms with Crippen molar-refractivity contribution in [1.82, 2.24) is 0 Å². The molecule has 0 heterocycles. The Hall–Kier alpha value is 1.05. The minimum Gasteiger partial charge on any atom is -0.790 e. The Morgan fingerprint density at radius 2 is 1.23 bits per heavy atom. The summed E-state index contributed by atoms with van der Waals surface area (Å²) in [6, 6.07) is 0. The van der Waals surface area contributed by atoms with Gasteiger partial charge in [-0.05, 0) is 12.8 Å². The second-order valence-electron chi connectivity index (χ2n) is 6.87. The molecule has 0 aliphatic heterocycles. The van der Waals surface area contributed by atoms with Gasteiger partial charge in [0.15, 0.2) is 6.10 Å². The first kappa shape index (κ1) is 35.6. The van der Waals surface area contributed by atoms with Crippen LogP contribution in [0.1, 0.15) is 90.9 Å². The molecule has 0 aromatic heterocycles. The minimum atomic E-state index is -5.20. The number of hydrogen-bond acceptors (Lipinski definition) is 8. The van der Waals surface area contributed by atoms with E-state index >= 15 is 0 Å². The normalized spacial score (nSPS) is 11.7. The molecule has 0 unspecified atom stereocenters. The quantitative estimate of drug-likeness (QED) is 0.0903. The van der Waals surface area contributed by atoms with Crippen LogP contribution in [0.4, 0.5) is 0 Å². The van der Waals surface area contributed by atoms with Gasteiger partial charge in [0.2, 0.25) is 0 Å². The zero-order valence-electron chi connectivity index (χ0n) is 19.2. The predicted molar refractivity (Wildman–Crippen MR) is 101 cm³/mol. The molecule has 1 atom stereocenters. The van der Waals surface area contributed by atoms with Crippen molar-refractivity contribution in [3.8, 4) is 0 Å². The standard InChI is InChI=1S/C19H37O8P.2Na/c1-3-5-7-9-11-13-18(20)25-15-17(16-26-28(22,23)24)27-19(21)14-12-10-8-6-4-2;;/h17H,3-16H2,1-2H3,(H2,22,23,24);;/q;2*+1/p-2/t17-;;/m1../s1. The van der Waals surface area contributed by atoms with Crippen LogP contribution in [0.5, 0.6) is 0 Å². The van der Waals surface area contributed by atoms with Gasteiger partial charge in [0.1, 0.15) is 6.61 Å². The molecule has 0 radical (unpaired) electrons. The fourth-order valence-electron chi connectivity index (χ4n) is 2.54. The van der Waals surface area contributed by atoms with Gasteiger partial charge in [0.05, 0.1) is 14.4 Å². The monoisotopic (exact) mass is 468 g/mol. The molecule has 0 aromatic carbocycles. The van der Waals surface area contributed by atoms with E-state index in [0.717, 1.165) is 51.4 Å². The number of carbonyl (C=O) groups excluding carboxylic acids is 2. The summed E-state index contributed by atoms with van der Waals surface area (Å²) in [5.74, 6) is -0.989. The maximum Gasteiger partial charge on any atom is 1.00 e. The molecule has 0 spiro atoms. The van der Waals surface area contributed by atoms with Crippen LogP contribution in [-0.4, -0.2) is 31.3 Å². The molecular formula is C19H35Na2O8P. The van der Waals surface area contributed by atoms with Gasteiger partial charge in [-0.25, -0.2) is 0 Å². The molecule has 0 N–H and O–H groups in total. The van der Waals surface area contributed by atoms with Crippen molar-refractivity contribution in [2.45, 2.75) is 97.0 Å². The SMILES string of the molecule is CCCCCCCC(=O)OC[C@H](COP(=O)([O-])[O-])OC(=O)CCCCCCC.[Na+].[Na+]. The number of carbonyl (C=O) groups is 2. The molecule has 0 saturated heterocycles. The molecule has 30 heavy (non-hydrogen) atoms. The van der Waals surface area contributed by atoms with Gasteiger partial charge in [0.25, 0.3) is 0 Å². The Balaban J connectivity index is -0.00000364. The summed E-state index contributed by atoms with van der Waals surface area (Å²) in [5, 5.41) is 0. The second-order valence-corrected chi connectivity index (χ2v) is 8.02. The van der Waals surface area contributed by atoms with E-state index in [1.165, 1.54) is 0 Å². The predicted octanol–water partition coefficient (Wildman–Crippen LogP) is -2.98. The topological polar surface area (TPSA) is 125 Å². The van der Waals surface area contributed by atoms with E-state index < -0.39 is 32.5 Å². The van der Waals surface area contributed by atoms with Gasteiger partial charge >= 0.3 is 71.1 Å². The van der Waals surface area contributed by atoms with E-state index in [-0.39, 0.29) is 78.6 Å². The molecule has 0 rings (SSSR count). The molecule has 0 fully saturated rings. The summed E-state index contributed by atoms with van der Waals surface area (Å²) in [5.41, 5.74) is 0. The molecule has 0 aromatic rings. The third-order valence-corrected chi connectivity index (χ3v) is 4.58. The van der Waals surface area contributed by atoms with Gasteiger partial charge in [-0.3, -0.25) is 9.59 Å². The molecule has 0 aliphatic carbocycles. The first-order chi connectivity index (χ1) is 13.3. The van der Waals surface area contributed by atoms with Crippen molar-refractivity contribution in [1.29, 1.82) is 0 Å². The maximum atomic E-state index is 11.9. The number of phosphoric acid groups is 1. The number of phosphoric ester groups is 1. The van der Waals surface area contributed by atoms with Gasteiger partial charge in [0, 0.05) is 12.8 Å². The molecule has 0 saturated carbocycles. The summed E-state index contributed by atoms with van der Waals surface area (Å²) in [7, 11) is -5.20. The van der Waals surface area contributed by atoms with Gasteiger partial charge in [-0.15, -0.1) is 0 Å². The third-order valence-electron chi connectivity index (χ3n) is 4.12. The van der Waals surface area contributed by atoms with Crippen molar-refractivity contribution < 1.29 is 97.1 Å². The second kappa shape index (κ2) is 23.2. The summed E-state index contributed by atoms with van der Waals surface area (Å²) in [6.07, 6.45) is 8.99. The van der Waals surface area contributed by atoms with Crippen LogP contribution in [-0.2, 0) is 28.2 Å². The molecule has 0 bridgehead atoms. The van der Waals surface area contributed by atoms with Crippen molar-refractivity contribution in [3.63, 3.8) is 0 Å². The largest absolute Gasteiger partial charge is 1.00 e. The average Bonchev–Trinajstić information content (AvgIpc) is 2.63. The zero-order valence-corrected chi connectivity index (χ0v) is 24.1. The van der Waals surface area contributed by atoms with Crippen LogP contribution in [0.2, 0.25) is 0 Å². The van der Waals surface area contributed by atoms with E-state index in [1.807, 2.05) is 0 Å². The van der Waals surface area contributed by atoms with Gasteiger partial charge in [-0.1, -0.05) is 65.2 Å². The summed E-state index contributed by atoms with van der Waals surface area (Å²) in [6.45, 7) is 3.20. The summed E-state index contributed by atoms with van der Waals surface area (Å²) < 4.78 is 25.0. The molecule has 166 valence electrons. The van der Waals surface area contributed by atoms with Crippen LogP contribution in [0.3, 0.4) is 0 Å². The number of esters is 2. The first-order valence-electron chi connectivity index (χ1n) is 10.3. The smallest absolute Gasteiger partial charge is 0.790 e. The fraction of sp³-hybridized carbons (Fsp3) is 0.895. The Kier molecular flexibility index (Phi) is 27.6. The molecular weight excluding hydrogens is 433 g/mol. The van der Waals surface area contributed by atoms with Crippen LogP contribution in [0.15, 0.2) is 0 Å². The number of unbranched alkanes of at least 4 members (excludes halogenated alkanes) is 8. The number of hydrogen-bond donors (Lipinski definition) is 0. The van der Waals surface area contributed by atoms with E-state index in [1.54, 1.807) is 0 Å². The Morgan fingerprint density at radius 3 is 1.70 bits per heavy atom. The Bertz CT molecular complexity index is 473. The molecule has 0 amide bonds. The third kappa shape index (κ3) is 25.3. The molecule has 8 nitrogen and oxygen atoms in total. The van der Waals surface area contributed by atoms with Gasteiger partial charge < -0.3 is 28.3 Å². The summed E-state index contributed by atoms with van der Waals surface area (Å²) in [4.78, 5) is 45.0. The Morgan fingerprint density at radius 1 is 0.767 bits per heavy atom. The summed E-state index contributed by atoms with van der Waals surface area (Å²) >= 11 is 0. The maximum absolute atomic E-state index is 11.9. The fourth-order valence-corrected chi connectivity index (χ4v) is 2.89. The van der Waals surface area contributed by atoms with E-state index in [2.05, 4.69) is 18.4 Å². The van der Waals surface area contributed by atoms with Crippen molar-refractivity contribution in [3.05, 3.63) is 0 Å². The van der Waals surface area contributed by atoms with Crippen molar-refractivity contribution in [2.24, 2.45) is 0 Å². The Labute approximate surface area is 225 Å². The van der Waals surface area contributed by atoms with Gasteiger partial charge in [-0.2, -0.15) is 0 Å². The van der Waals surface area contributed by atoms with E-state index in [0.29, 0.717) is 12.8 Å². The van der Waals surface area contributed by atoms with Crippen molar-refractivity contribution in [2.75, 3.05) is 13.2 Å². The van der Waals surface area contributed by atoms with Crippen LogP contribution in [0, 0.1) is 0 Å². The number of ether oxygens (including phenoxy) is 2. The number of rotatable bonds is 18.